The summed E-state index contributed by atoms with van der Waals surface area (Å²) in [5, 5.41) is 13.0. The average Bonchev–Trinajstić information content (AvgIpc) is 3.54. The average molecular weight is 705 g/mol. The molecule has 5 rings (SSSR count). The monoisotopic (exact) mass is 704 g/mol. The molecule has 0 saturated heterocycles. The molecule has 0 bridgehead atoms. The number of nitrogens with zero attached hydrogens (tertiary/aromatic N) is 4. The lowest BCUT2D eigenvalue weighted by Gasteiger charge is -2.31. The lowest BCUT2D eigenvalue weighted by Crippen LogP contribution is -2.53. The van der Waals surface area contributed by atoms with Gasteiger partial charge in [0.2, 0.25) is 5.90 Å². The number of hydrogen-bond acceptors (Lipinski definition) is 9. The summed E-state index contributed by atoms with van der Waals surface area (Å²) in [7, 11) is 0. The van der Waals surface area contributed by atoms with Crippen molar-refractivity contribution in [1.29, 1.82) is 0 Å². The number of hydrogen-bond donors (Lipinski definition) is 3. The summed E-state index contributed by atoms with van der Waals surface area (Å²) in [6.07, 6.45) is -0.839. The fraction of sp³-hybridized carbons (Fsp3) is 0.325. The van der Waals surface area contributed by atoms with Crippen LogP contribution in [-0.4, -0.2) is 53.8 Å². The van der Waals surface area contributed by atoms with Gasteiger partial charge in [-0.1, -0.05) is 90.0 Å². The predicted octanol–water partition coefficient (Wildman–Crippen LogP) is 7.22. The van der Waals surface area contributed by atoms with Gasteiger partial charge < -0.3 is 19.3 Å². The van der Waals surface area contributed by atoms with E-state index in [0.717, 1.165) is 11.1 Å². The topological polar surface area (TPSA) is 167 Å². The van der Waals surface area contributed by atoms with E-state index in [2.05, 4.69) is 20.9 Å². The van der Waals surface area contributed by atoms with Crippen LogP contribution < -0.4 is 15.6 Å². The largest absolute Gasteiger partial charge is 0.494 e. The molecule has 1 heterocycles. The first kappa shape index (κ1) is 37.6. The molecule has 12 nitrogen and oxygen atoms in total. The van der Waals surface area contributed by atoms with E-state index in [0.29, 0.717) is 36.4 Å². The van der Waals surface area contributed by atoms with Crippen LogP contribution in [0.3, 0.4) is 0 Å². The molecule has 0 aliphatic carbocycles. The molecule has 0 radical (unpaired) electrons. The van der Waals surface area contributed by atoms with Gasteiger partial charge >= 0.3 is 5.97 Å². The van der Waals surface area contributed by atoms with Crippen LogP contribution in [0.5, 0.6) is 5.75 Å². The Balaban J connectivity index is 1.52. The standard InChI is InChI=1S/C40H44N6O6/c1-39(2,3)52-35(48)23-24-40(38(49)45-42-27-33(28-13-6-4-7-14-28)29-15-8-5-9-16-29)36(32-17-10-11-18-34(32)44-46-41)51-37(43-40)30-19-21-31(22-20-30)50-26-12-25-47/h4-11,13-22,33,36,42,47H,12,23-27H2,1-3H3,(H,45,49)/t36-,40-/m0/s1. The Morgan fingerprint density at radius 1 is 0.962 bits per heavy atom. The van der Waals surface area contributed by atoms with Gasteiger partial charge in [-0.2, -0.15) is 0 Å². The van der Waals surface area contributed by atoms with Gasteiger partial charge in [0.05, 0.1) is 6.61 Å². The lowest BCUT2D eigenvalue weighted by molar-refractivity contribution is -0.155. The van der Waals surface area contributed by atoms with Crippen molar-refractivity contribution in [3.8, 4) is 5.75 Å². The molecule has 0 fully saturated rings. The highest BCUT2D eigenvalue weighted by Crippen LogP contribution is 2.46. The first-order valence-corrected chi connectivity index (χ1v) is 17.2. The summed E-state index contributed by atoms with van der Waals surface area (Å²) in [4.78, 5) is 35.8. The summed E-state index contributed by atoms with van der Waals surface area (Å²) >= 11 is 0. The number of carbonyl (C=O) groups excluding carboxylic acids is 2. The summed E-state index contributed by atoms with van der Waals surface area (Å²) in [5.74, 6) is -0.399. The van der Waals surface area contributed by atoms with Crippen LogP contribution in [0, 0.1) is 0 Å². The van der Waals surface area contributed by atoms with Crippen LogP contribution in [0.4, 0.5) is 5.69 Å². The molecule has 0 spiro atoms. The molecule has 1 aliphatic rings. The molecule has 4 aromatic rings. The third kappa shape index (κ3) is 9.55. The summed E-state index contributed by atoms with van der Waals surface area (Å²) in [5.41, 5.74) is 16.4. The zero-order chi connectivity index (χ0) is 37.0. The van der Waals surface area contributed by atoms with E-state index >= 15 is 0 Å². The second-order valence-corrected chi connectivity index (χ2v) is 13.3. The molecule has 52 heavy (non-hydrogen) atoms. The Bertz CT molecular complexity index is 1830. The maximum Gasteiger partial charge on any atom is 0.306 e. The summed E-state index contributed by atoms with van der Waals surface area (Å²) < 4.78 is 17.9. The van der Waals surface area contributed by atoms with E-state index in [4.69, 9.17) is 24.3 Å². The maximum absolute atomic E-state index is 14.7. The zero-order valence-electron chi connectivity index (χ0n) is 29.6. The van der Waals surface area contributed by atoms with Crippen molar-refractivity contribution < 1.29 is 28.9 Å². The van der Waals surface area contributed by atoms with Crippen LogP contribution in [0.1, 0.15) is 74.3 Å². The molecule has 0 aromatic heterocycles. The van der Waals surface area contributed by atoms with E-state index < -0.39 is 29.1 Å². The number of carbonyl (C=O) groups is 2. The number of aliphatic imine (C=N–C) groups is 1. The van der Waals surface area contributed by atoms with Crippen LogP contribution >= 0.6 is 0 Å². The van der Waals surface area contributed by atoms with Crippen molar-refractivity contribution in [3.63, 3.8) is 0 Å². The maximum atomic E-state index is 14.7. The molecule has 3 N–H and O–H groups in total. The molecule has 1 aliphatic heterocycles. The fourth-order valence-electron chi connectivity index (χ4n) is 6.02. The van der Waals surface area contributed by atoms with Gasteiger partial charge in [-0.05, 0) is 68.1 Å². The minimum absolute atomic E-state index is 0.0168. The van der Waals surface area contributed by atoms with E-state index in [1.165, 1.54) is 0 Å². The molecular formula is C40H44N6O6. The van der Waals surface area contributed by atoms with E-state index in [-0.39, 0.29) is 37.0 Å². The normalized spacial score (nSPS) is 16.7. The van der Waals surface area contributed by atoms with Crippen molar-refractivity contribution >= 4 is 23.5 Å². The quantitative estimate of drug-likeness (QED) is 0.0276. The fourth-order valence-corrected chi connectivity index (χ4v) is 6.02. The van der Waals surface area contributed by atoms with Gasteiger partial charge in [-0.15, -0.1) is 0 Å². The molecular weight excluding hydrogens is 660 g/mol. The molecule has 2 atom stereocenters. The first-order valence-electron chi connectivity index (χ1n) is 17.2. The van der Waals surface area contributed by atoms with Crippen molar-refractivity contribution in [2.45, 2.75) is 63.2 Å². The van der Waals surface area contributed by atoms with E-state index in [1.807, 2.05) is 60.7 Å². The third-order valence-corrected chi connectivity index (χ3v) is 8.44. The van der Waals surface area contributed by atoms with Crippen LogP contribution in [0.2, 0.25) is 0 Å². The Morgan fingerprint density at radius 2 is 1.60 bits per heavy atom. The highest BCUT2D eigenvalue weighted by molar-refractivity contribution is 6.01. The smallest absolute Gasteiger partial charge is 0.306 e. The van der Waals surface area contributed by atoms with Gasteiger partial charge in [0.25, 0.3) is 5.91 Å². The number of aliphatic hydroxyl groups excluding tert-OH is 1. The van der Waals surface area contributed by atoms with Gasteiger partial charge in [-0.25, -0.2) is 10.4 Å². The Morgan fingerprint density at radius 3 is 2.21 bits per heavy atom. The van der Waals surface area contributed by atoms with E-state index in [1.54, 1.807) is 69.3 Å². The summed E-state index contributed by atoms with van der Waals surface area (Å²) in [6.45, 7) is 6.04. The Kier molecular flexibility index (Phi) is 12.6. The van der Waals surface area contributed by atoms with Crippen molar-refractivity contribution in [2.24, 2.45) is 10.1 Å². The zero-order valence-corrected chi connectivity index (χ0v) is 29.6. The number of nitrogens with one attached hydrogen (secondary N) is 2. The van der Waals surface area contributed by atoms with E-state index in [9.17, 15) is 15.1 Å². The lowest BCUT2D eigenvalue weighted by atomic mass is 9.83. The third-order valence-electron chi connectivity index (χ3n) is 8.44. The van der Waals surface area contributed by atoms with Crippen molar-refractivity contribution in [2.75, 3.05) is 19.8 Å². The number of rotatable bonds is 16. The predicted molar refractivity (Wildman–Crippen MR) is 198 cm³/mol. The van der Waals surface area contributed by atoms with Gasteiger partial charge in [0.15, 0.2) is 11.6 Å². The second kappa shape index (κ2) is 17.5. The number of azide groups is 1. The van der Waals surface area contributed by atoms with Crippen LogP contribution in [-0.2, 0) is 19.1 Å². The van der Waals surface area contributed by atoms with Gasteiger partial charge in [0, 0.05) is 53.6 Å². The minimum Gasteiger partial charge on any atom is -0.494 e. The number of ether oxygens (including phenoxy) is 3. The number of hydrazine groups is 1. The molecule has 12 heteroatoms. The van der Waals surface area contributed by atoms with Gasteiger partial charge in [0.1, 0.15) is 11.4 Å². The highest BCUT2D eigenvalue weighted by Gasteiger charge is 2.54. The first-order chi connectivity index (χ1) is 25.1. The molecule has 4 aromatic carbocycles. The van der Waals surface area contributed by atoms with Crippen molar-refractivity contribution in [1.82, 2.24) is 10.9 Å². The number of esters is 1. The minimum atomic E-state index is -1.70. The van der Waals surface area contributed by atoms with Crippen molar-refractivity contribution in [3.05, 3.63) is 142 Å². The van der Waals surface area contributed by atoms with Gasteiger partial charge in [-0.3, -0.25) is 15.0 Å². The second-order valence-electron chi connectivity index (χ2n) is 13.3. The molecule has 0 unspecified atom stereocenters. The number of benzene rings is 4. The SMILES string of the molecule is CC(C)(C)OC(=O)CC[C@]1(C(=O)NNCC(c2ccccc2)c2ccccc2)N=C(c2ccc(OCCCO)cc2)O[C@H]1c1ccccc1N=[N+]=[N-]. The number of aliphatic hydroxyl groups is 1. The number of amides is 1. The van der Waals surface area contributed by atoms with Crippen LogP contribution in [0.25, 0.3) is 10.4 Å². The molecule has 1 amide bonds. The molecule has 270 valence electrons. The highest BCUT2D eigenvalue weighted by atomic mass is 16.6. The Hall–Kier alpha value is -5.68. The molecule has 0 saturated carbocycles. The Labute approximate surface area is 303 Å². The summed E-state index contributed by atoms with van der Waals surface area (Å²) in [6, 6.07) is 33.8. The van der Waals surface area contributed by atoms with Crippen LogP contribution in [0.15, 0.2) is 119 Å².